The highest BCUT2D eigenvalue weighted by atomic mass is 32.1. The van der Waals surface area contributed by atoms with Crippen molar-refractivity contribution in [3.8, 4) is 0 Å². The molecule has 0 bridgehead atoms. The molecule has 0 spiro atoms. The molecule has 4 rings (SSSR count). The summed E-state index contributed by atoms with van der Waals surface area (Å²) in [5.74, 6) is -0.270. The molecule has 6 heteroatoms. The fraction of sp³-hybridized carbons (Fsp3) is 0.417. The summed E-state index contributed by atoms with van der Waals surface area (Å²) in [5.41, 5.74) is 2.23. The Hall–Kier alpha value is -2.44. The molecule has 1 fully saturated rings. The molecule has 3 aromatic rings. The predicted molar refractivity (Wildman–Crippen MR) is 121 cm³/mol. The lowest BCUT2D eigenvalue weighted by atomic mass is 10.1. The van der Waals surface area contributed by atoms with Crippen LogP contribution in [0, 0.1) is 13.8 Å². The smallest absolute Gasteiger partial charge is 0.287 e. The first-order valence-corrected chi connectivity index (χ1v) is 11.5. The Bertz CT molecular complexity index is 1080. The van der Waals surface area contributed by atoms with E-state index in [0.29, 0.717) is 17.5 Å². The first-order chi connectivity index (χ1) is 14.5. The third-order valence-corrected chi connectivity index (χ3v) is 7.02. The van der Waals surface area contributed by atoms with Crippen LogP contribution >= 0.6 is 11.3 Å². The van der Waals surface area contributed by atoms with Crippen molar-refractivity contribution in [2.75, 3.05) is 19.6 Å². The van der Waals surface area contributed by atoms with Gasteiger partial charge in [-0.2, -0.15) is 0 Å². The van der Waals surface area contributed by atoms with Crippen molar-refractivity contribution in [2.24, 2.45) is 0 Å². The molecule has 0 saturated carbocycles. The van der Waals surface area contributed by atoms with Crippen LogP contribution in [0.1, 0.15) is 58.3 Å². The molecule has 3 heterocycles. The van der Waals surface area contributed by atoms with Gasteiger partial charge in [-0.25, -0.2) is 0 Å². The van der Waals surface area contributed by atoms with Gasteiger partial charge in [0.25, 0.3) is 5.91 Å². The van der Waals surface area contributed by atoms with Crippen molar-refractivity contribution in [1.82, 2.24) is 10.2 Å². The molecule has 1 saturated heterocycles. The second kappa shape index (κ2) is 9.14. The lowest BCUT2D eigenvalue weighted by Gasteiger charge is -2.30. The van der Waals surface area contributed by atoms with E-state index in [-0.39, 0.29) is 23.1 Å². The highest BCUT2D eigenvalue weighted by molar-refractivity contribution is 7.10. The first-order valence-electron chi connectivity index (χ1n) is 10.6. The molecule has 5 nitrogen and oxygen atoms in total. The number of amides is 1. The predicted octanol–water partition coefficient (Wildman–Crippen LogP) is 4.82. The minimum Gasteiger partial charge on any atom is -0.450 e. The van der Waals surface area contributed by atoms with Crippen molar-refractivity contribution in [1.29, 1.82) is 0 Å². The molecule has 1 amide bonds. The van der Waals surface area contributed by atoms with Crippen LogP contribution in [0.25, 0.3) is 11.0 Å². The number of thiophene rings is 1. The Morgan fingerprint density at radius 3 is 2.63 bits per heavy atom. The topological polar surface area (TPSA) is 62.6 Å². The van der Waals surface area contributed by atoms with E-state index in [1.807, 2.05) is 19.9 Å². The third-order valence-electron chi connectivity index (χ3n) is 6.05. The molecule has 1 atom stereocenters. The summed E-state index contributed by atoms with van der Waals surface area (Å²) in [5, 5.41) is 5.61. The van der Waals surface area contributed by atoms with Crippen molar-refractivity contribution in [3.05, 3.63) is 67.7 Å². The number of likely N-dealkylation sites (tertiary alicyclic amines) is 1. The van der Waals surface area contributed by atoms with Gasteiger partial charge >= 0.3 is 0 Å². The van der Waals surface area contributed by atoms with E-state index in [0.717, 1.165) is 24.2 Å². The largest absolute Gasteiger partial charge is 0.450 e. The number of nitrogens with zero attached hydrogens (tertiary/aromatic N) is 1. The Morgan fingerprint density at radius 2 is 1.93 bits per heavy atom. The molecule has 1 aliphatic heterocycles. The van der Waals surface area contributed by atoms with E-state index in [1.165, 1.54) is 36.6 Å². The van der Waals surface area contributed by atoms with Gasteiger partial charge in [0.15, 0.2) is 11.2 Å². The second-order valence-electron chi connectivity index (χ2n) is 8.05. The van der Waals surface area contributed by atoms with Crippen LogP contribution in [0.2, 0.25) is 0 Å². The van der Waals surface area contributed by atoms with Crippen molar-refractivity contribution < 1.29 is 9.21 Å². The lowest BCUT2D eigenvalue weighted by molar-refractivity contribution is 0.0907. The summed E-state index contributed by atoms with van der Waals surface area (Å²) in [6, 6.07) is 9.30. The maximum Gasteiger partial charge on any atom is 0.287 e. The van der Waals surface area contributed by atoms with Gasteiger partial charge in [0.05, 0.1) is 11.4 Å². The summed E-state index contributed by atoms with van der Waals surface area (Å²) < 4.78 is 5.88. The zero-order valence-electron chi connectivity index (χ0n) is 17.6. The van der Waals surface area contributed by atoms with Crippen molar-refractivity contribution >= 4 is 28.2 Å². The molecule has 158 valence electrons. The summed E-state index contributed by atoms with van der Waals surface area (Å²) in [7, 11) is 0. The number of carbonyl (C=O) groups is 1. The minimum atomic E-state index is -0.341. The Labute approximate surface area is 180 Å². The van der Waals surface area contributed by atoms with E-state index in [2.05, 4.69) is 27.7 Å². The van der Waals surface area contributed by atoms with E-state index >= 15 is 0 Å². The lowest BCUT2D eigenvalue weighted by Crippen LogP contribution is -2.38. The number of benzene rings is 1. The fourth-order valence-corrected chi connectivity index (χ4v) is 5.00. The zero-order valence-corrected chi connectivity index (χ0v) is 18.4. The summed E-state index contributed by atoms with van der Waals surface area (Å²) in [6.07, 6.45) is 4.91. The standard InChI is InChI=1S/C24H28N2O3S/c1-16-9-10-18-20(27)14-21(29-23(18)17(16)2)24(28)25-15-19(22-8-7-13-30-22)26-11-5-3-4-6-12-26/h7-10,13-14,19H,3-6,11-12,15H2,1-2H3,(H,25,28). The van der Waals surface area contributed by atoms with Crippen LogP contribution in [0.4, 0.5) is 0 Å². The summed E-state index contributed by atoms with van der Waals surface area (Å²) in [6.45, 7) is 6.46. The van der Waals surface area contributed by atoms with E-state index in [1.54, 1.807) is 17.4 Å². The molecule has 30 heavy (non-hydrogen) atoms. The molecule has 1 N–H and O–H groups in total. The molecular formula is C24H28N2O3S. The minimum absolute atomic E-state index is 0.0713. The van der Waals surface area contributed by atoms with Crippen molar-refractivity contribution in [3.63, 3.8) is 0 Å². The molecule has 0 radical (unpaired) electrons. The normalized spacial score (nSPS) is 16.3. The fourth-order valence-electron chi connectivity index (χ4n) is 4.14. The van der Waals surface area contributed by atoms with Gasteiger partial charge in [-0.1, -0.05) is 25.0 Å². The van der Waals surface area contributed by atoms with Gasteiger partial charge in [-0.05, 0) is 68.4 Å². The Balaban J connectivity index is 1.56. The maximum absolute atomic E-state index is 12.9. The summed E-state index contributed by atoms with van der Waals surface area (Å²) >= 11 is 1.72. The van der Waals surface area contributed by atoms with Gasteiger partial charge in [-0.15, -0.1) is 11.3 Å². The first kappa shape index (κ1) is 20.8. The number of fused-ring (bicyclic) bond motifs is 1. The van der Waals surface area contributed by atoms with Gasteiger partial charge in [-0.3, -0.25) is 14.5 Å². The number of hydrogen-bond acceptors (Lipinski definition) is 5. The van der Waals surface area contributed by atoms with Crippen LogP contribution < -0.4 is 10.7 Å². The van der Waals surface area contributed by atoms with E-state index in [4.69, 9.17) is 4.42 Å². The molecular weight excluding hydrogens is 396 g/mol. The van der Waals surface area contributed by atoms with Crippen LogP contribution in [0.3, 0.4) is 0 Å². The highest BCUT2D eigenvalue weighted by Crippen LogP contribution is 2.27. The number of rotatable bonds is 5. The molecule has 1 aromatic carbocycles. The van der Waals surface area contributed by atoms with Gasteiger partial charge in [0.1, 0.15) is 5.58 Å². The quantitative estimate of drug-likeness (QED) is 0.638. The Morgan fingerprint density at radius 1 is 1.17 bits per heavy atom. The average Bonchev–Trinajstić information content (AvgIpc) is 3.13. The van der Waals surface area contributed by atoms with Gasteiger partial charge < -0.3 is 9.73 Å². The average molecular weight is 425 g/mol. The van der Waals surface area contributed by atoms with Crippen molar-refractivity contribution in [2.45, 2.75) is 45.6 Å². The SMILES string of the molecule is Cc1ccc2c(=O)cc(C(=O)NCC(c3cccs3)N3CCCCCC3)oc2c1C. The Kier molecular flexibility index (Phi) is 6.35. The number of aryl methyl sites for hydroxylation is 2. The van der Waals surface area contributed by atoms with Crippen LogP contribution in [-0.4, -0.2) is 30.4 Å². The second-order valence-corrected chi connectivity index (χ2v) is 9.03. The highest BCUT2D eigenvalue weighted by Gasteiger charge is 2.24. The van der Waals surface area contributed by atoms with Crippen LogP contribution in [0.5, 0.6) is 0 Å². The van der Waals surface area contributed by atoms with E-state index in [9.17, 15) is 9.59 Å². The van der Waals surface area contributed by atoms with Gasteiger partial charge in [0.2, 0.25) is 0 Å². The third kappa shape index (κ3) is 4.35. The molecule has 1 unspecified atom stereocenters. The van der Waals surface area contributed by atoms with Crippen LogP contribution in [-0.2, 0) is 0 Å². The molecule has 1 aliphatic rings. The zero-order chi connectivity index (χ0) is 21.1. The van der Waals surface area contributed by atoms with Crippen LogP contribution in [0.15, 0.2) is 44.9 Å². The number of nitrogens with one attached hydrogen (secondary N) is 1. The summed E-state index contributed by atoms with van der Waals surface area (Å²) in [4.78, 5) is 29.2. The van der Waals surface area contributed by atoms with E-state index < -0.39 is 0 Å². The molecule has 2 aromatic heterocycles. The number of carbonyl (C=O) groups excluding carboxylic acids is 1. The maximum atomic E-state index is 12.9. The monoisotopic (exact) mass is 424 g/mol. The number of hydrogen-bond donors (Lipinski definition) is 1. The van der Waals surface area contributed by atoms with Gasteiger partial charge in [0, 0.05) is 17.5 Å². The molecule has 0 aliphatic carbocycles.